The van der Waals surface area contributed by atoms with Crippen LogP contribution in [0.1, 0.15) is 229 Å². The molecule has 3 radical (unpaired) electrons. The first kappa shape index (κ1) is 110. The average molecular weight is 1890 g/mol. The number of aryl methyl sites for hydroxylation is 4. The van der Waals surface area contributed by atoms with Crippen LogP contribution in [0.5, 0.6) is 0 Å². The minimum atomic E-state index is -1.15. The number of ketones is 4. The maximum atomic E-state index is 12.6. The molecule has 21 nitrogen and oxygen atoms in total. The maximum absolute atomic E-state index is 12.6. The predicted molar refractivity (Wildman–Crippen MR) is 530 cm³/mol. The summed E-state index contributed by atoms with van der Waals surface area (Å²) in [7, 11) is 0. The number of imidazole rings is 5. The zero-order valence-electron chi connectivity index (χ0n) is 77.1. The molecular weight excluding hydrogens is 1760 g/mol. The van der Waals surface area contributed by atoms with Gasteiger partial charge in [0.2, 0.25) is 0 Å². The molecule has 0 saturated carbocycles. The molecule has 0 amide bonds. The molecule has 6 heterocycles. The number of carboxylic acid groups (broad SMARTS) is 1. The Morgan fingerprint density at radius 2 is 0.879 bits per heavy atom. The van der Waals surface area contributed by atoms with Crippen LogP contribution in [0.25, 0.3) is 0 Å². The number of nitrogens with zero attached hydrogens (tertiary/aromatic N) is 4. The molecule has 20 rings (SSSR count). The predicted octanol–water partition coefficient (Wildman–Crippen LogP) is 19.2. The van der Waals surface area contributed by atoms with Crippen LogP contribution in [0.3, 0.4) is 0 Å². The van der Waals surface area contributed by atoms with Crippen LogP contribution >= 0.6 is 60.2 Å². The fourth-order valence-corrected chi connectivity index (χ4v) is 19.2. The summed E-state index contributed by atoms with van der Waals surface area (Å²) in [5.74, 6) is 6.34. The van der Waals surface area contributed by atoms with E-state index in [1.165, 1.54) is 103 Å². The van der Waals surface area contributed by atoms with Crippen LogP contribution < -0.4 is 18.9 Å². The molecule has 11 aliphatic rings. The fraction of sp³-hybridized carbons (Fsp3) is 0.427. The first-order valence-electron chi connectivity index (χ1n) is 45.3. The molecule has 132 heavy (non-hydrogen) atoms. The summed E-state index contributed by atoms with van der Waals surface area (Å²) in [5.41, 5.74) is 12.2. The Hall–Kier alpha value is -9.49. The van der Waals surface area contributed by atoms with E-state index in [0.717, 1.165) is 197 Å². The van der Waals surface area contributed by atoms with E-state index in [0.29, 0.717) is 52.3 Å². The molecule has 2 unspecified atom stereocenters. The van der Waals surface area contributed by atoms with Gasteiger partial charge in [-0.25, -0.2) is 14.4 Å². The number of Topliss-reactive ketones (excluding diaryl/α,β-unsaturated/α-hetero) is 4. The molecular formula is C103H126AlFLiN12O9S5. The minimum absolute atomic E-state index is 0. The van der Waals surface area contributed by atoms with Gasteiger partial charge >= 0.3 is 24.8 Å². The number of carbonyl (C=O) groups is 6. The van der Waals surface area contributed by atoms with Gasteiger partial charge in [-0.2, -0.15) is 34.0 Å². The average Bonchev–Trinajstić information content (AvgIpc) is 1.92. The van der Waals surface area contributed by atoms with Crippen molar-refractivity contribution in [3.8, 4) is 12.1 Å². The summed E-state index contributed by atoms with van der Waals surface area (Å²) >= 11 is 19.1. The zero-order valence-corrected chi connectivity index (χ0v) is 81.3. The number of hydrogen-bond donors (Lipinski definition) is 11. The summed E-state index contributed by atoms with van der Waals surface area (Å²) in [6.45, 7) is 3.23. The SMILES string of the molecule is C1=CCC(Cc2cnc[nH]2)C1.C1CSCSC1.CC(C)(O)C#N.N#CCC1CC=CC1.O=C(O)C1CC=CC1.O=C1CCc2cc(F)ccc21.O=C1c2ccccc2CCC1Cc1c[nH]c(=S)[nH]1.O=C1c2ccccc2CCC1Cc1cnc[nH]1.O=C1c2ccccc2CC[C@H]1Cc1c[nH]c(=S)[nH]1.O=CCC1CC=CC1.OCC1CC=CC1.S=c1[nH]cc(CC2CC=CC2)[nH]1.[Al].[H-].[Li+]. The zero-order chi connectivity index (χ0) is 92.7. The largest absolute Gasteiger partial charge is 1.00 e. The number of allylic oxidation sites excluding steroid dienone is 12. The van der Waals surface area contributed by atoms with Crippen LogP contribution in [0.15, 0.2) is 208 Å². The number of carbonyl (C=O) groups excluding carboxylic acids is 5. The second-order valence-electron chi connectivity index (χ2n) is 34.4. The summed E-state index contributed by atoms with van der Waals surface area (Å²) in [4.78, 5) is 101. The first-order chi connectivity index (χ1) is 63.0. The molecule has 1 aliphatic heterocycles. The molecule has 0 bridgehead atoms. The number of aldehydes is 1. The van der Waals surface area contributed by atoms with E-state index >= 15 is 0 Å². The molecule has 1 saturated heterocycles. The number of aromatic nitrogens is 10. The van der Waals surface area contributed by atoms with Gasteiger partial charge in [-0.05, 0) is 293 Å². The van der Waals surface area contributed by atoms with Gasteiger partial charge in [-0.3, -0.25) is 24.0 Å². The number of halogens is 1. The van der Waals surface area contributed by atoms with Crippen LogP contribution in [0.2, 0.25) is 0 Å². The van der Waals surface area contributed by atoms with Crippen molar-refractivity contribution in [2.24, 2.45) is 53.3 Å². The van der Waals surface area contributed by atoms with Gasteiger partial charge in [0.25, 0.3) is 0 Å². The van der Waals surface area contributed by atoms with Crippen molar-refractivity contribution in [1.82, 2.24) is 49.8 Å². The molecule has 9 aromatic rings. The molecule has 10 aliphatic carbocycles. The summed E-state index contributed by atoms with van der Waals surface area (Å²) in [6.07, 6.45) is 66.9. The first-order valence-corrected chi connectivity index (χ1v) is 48.8. The monoisotopic (exact) mass is 1890 g/mol. The molecule has 4 aromatic carbocycles. The van der Waals surface area contributed by atoms with Gasteiger partial charge in [-0.1, -0.05) is 146 Å². The van der Waals surface area contributed by atoms with Crippen molar-refractivity contribution in [2.45, 2.75) is 199 Å². The number of aliphatic hydroxyl groups is 2. The molecule has 29 heteroatoms. The van der Waals surface area contributed by atoms with Gasteiger partial charge in [-0.15, -0.1) is 0 Å². The number of aliphatic carboxylic acids is 1. The number of nitriles is 2. The normalized spacial score (nSPS) is 18.1. The molecule has 3 atom stereocenters. The van der Waals surface area contributed by atoms with Crippen molar-refractivity contribution in [3.63, 3.8) is 0 Å². The second kappa shape index (κ2) is 60.7. The van der Waals surface area contributed by atoms with E-state index in [1.54, 1.807) is 31.0 Å². The number of nitrogens with one attached hydrogen (secondary N) is 8. The third kappa shape index (κ3) is 39.6. The topological polar surface area (TPSA) is 363 Å². The van der Waals surface area contributed by atoms with Crippen LogP contribution in [0.4, 0.5) is 4.39 Å². The molecule has 5 aromatic heterocycles. The Balaban J connectivity index is 0.000000227. The van der Waals surface area contributed by atoms with Crippen molar-refractivity contribution >= 4 is 113 Å². The second-order valence-corrected chi connectivity index (χ2v) is 38.2. The molecule has 0 spiro atoms. The van der Waals surface area contributed by atoms with Gasteiger partial charge < -0.3 is 61.4 Å². The number of benzene rings is 4. The van der Waals surface area contributed by atoms with Gasteiger partial charge in [0.1, 0.15) is 17.7 Å². The Kier molecular flexibility index (Phi) is 50.4. The Bertz CT molecular complexity index is 5320. The number of aromatic amines is 8. The standard InChI is InChI=1S/2C14H14N2OS.C14H14N2O.C9H7FO.C9H12N2S.C9H12N2.C7H9N.C7H10O.C6H8O2.C6H10O.C4H7NO.C4H8S2.Al.Li.H/c2*17-13-10(7-11-8-15-14(18)16-11)6-5-9-3-1-2-4-12(9)13;17-14-11(7-12-8-15-9-16-12)6-5-10-3-1-2-4-13(10)14;10-7-2-3-8-6(5-7)1-4-9(8)11;12-9-10-6-8(11-9)5-7-3-1-2-4-7;1-2-4-8(3-1)5-9-6-10-7-11-9;2*8-6-5-7-3-1-2-4-7;7-6(8)5-3-1-2-4-5;7-5-6-3-1-2-4-6;1-4(2,6)3-5;1-2-5-4-6-3-1;;;/h2*1-4,8,10H,5-7H2,(H2,15,16,18);1-4,8-9,11H,5-7H2,(H,15,16);2-3,5H,1,4H2;1-2,6-7H,3-5H2,(H2,10,11,12);1-2,6-8H,3-5H2,(H,10,11);1-2,7H,3-5H2;1-2,6-7H,3-5H2;1-2,5H,3-4H2,(H,7,8);1-2,6-7H,3-5H2;6H,1-2H3;1-4H2;;;/q;;;;;;;;;;;;;+1;-1/t10-;;;;;;;;;;;;;;/m0............../s1. The number of aliphatic hydroxyl groups excluding tert-OH is 1. The van der Waals surface area contributed by atoms with Crippen molar-refractivity contribution in [1.29, 1.82) is 10.5 Å². The van der Waals surface area contributed by atoms with Crippen molar-refractivity contribution in [3.05, 3.63) is 301 Å². The third-order valence-electron chi connectivity index (χ3n) is 23.7. The van der Waals surface area contributed by atoms with Gasteiger partial charge in [0, 0.05) is 148 Å². The van der Waals surface area contributed by atoms with E-state index in [-0.39, 0.29) is 90.3 Å². The van der Waals surface area contributed by atoms with Crippen LogP contribution in [-0.2, 0) is 67.4 Å². The van der Waals surface area contributed by atoms with E-state index in [2.05, 4.69) is 146 Å². The molecule has 11 N–H and O–H groups in total. The fourth-order valence-electron chi connectivity index (χ4n) is 16.4. The Labute approximate surface area is 824 Å². The third-order valence-corrected chi connectivity index (χ3v) is 26.8. The summed E-state index contributed by atoms with van der Waals surface area (Å²) < 4.78 is 14.5. The number of H-pyrrole nitrogens is 8. The Morgan fingerprint density at radius 3 is 1.21 bits per heavy atom. The summed E-state index contributed by atoms with van der Waals surface area (Å²) in [6, 6.07) is 31.9. The van der Waals surface area contributed by atoms with Crippen molar-refractivity contribution < 1.29 is 68.8 Å². The van der Waals surface area contributed by atoms with E-state index in [4.69, 9.17) is 62.5 Å². The molecule has 693 valence electrons. The van der Waals surface area contributed by atoms with E-state index in [1.807, 2.05) is 104 Å². The minimum Gasteiger partial charge on any atom is -1.00 e. The smallest absolute Gasteiger partial charge is 1.00 e. The number of rotatable bonds is 15. The van der Waals surface area contributed by atoms with Crippen LogP contribution in [0, 0.1) is 96.1 Å². The molecule has 1 fully saturated rings. The number of carboxylic acids is 1. The number of hydrogen-bond acceptors (Lipinski definition) is 17. The van der Waals surface area contributed by atoms with Crippen molar-refractivity contribution in [2.75, 3.05) is 23.2 Å². The maximum Gasteiger partial charge on any atom is 1.00 e. The van der Waals surface area contributed by atoms with Gasteiger partial charge in [0.05, 0.1) is 30.7 Å². The Morgan fingerprint density at radius 1 is 0.508 bits per heavy atom. The van der Waals surface area contributed by atoms with E-state index in [9.17, 15) is 33.2 Å². The van der Waals surface area contributed by atoms with Gasteiger partial charge in [0.15, 0.2) is 37.4 Å². The quantitative estimate of drug-likeness (QED) is 0.0149. The van der Waals surface area contributed by atoms with E-state index < -0.39 is 11.6 Å². The summed E-state index contributed by atoms with van der Waals surface area (Å²) in [5, 5.41) is 42.8. The number of fused-ring (bicyclic) bond motifs is 4. The van der Waals surface area contributed by atoms with Crippen LogP contribution in [-0.4, -0.2) is 147 Å². The number of thioether (sulfide) groups is 2.